The topological polar surface area (TPSA) is 78.0 Å². The first-order chi connectivity index (χ1) is 9.97. The Kier molecular flexibility index (Phi) is 4.37. The lowest BCUT2D eigenvalue weighted by Gasteiger charge is -2.08. The molecule has 1 atom stereocenters. The molecule has 0 N–H and O–H groups in total. The Bertz CT molecular complexity index is 697. The van der Waals surface area contributed by atoms with Crippen molar-refractivity contribution in [3.63, 3.8) is 0 Å². The molecule has 2 rings (SSSR count). The fourth-order valence-corrected chi connectivity index (χ4v) is 2.19. The number of hydrogen-bond donors (Lipinski definition) is 0. The van der Waals surface area contributed by atoms with Gasteiger partial charge in [-0.25, -0.2) is 0 Å². The fourth-order valence-electron chi connectivity index (χ4n) is 1.92. The number of halogens is 1. The predicted octanol–water partition coefficient (Wildman–Crippen LogP) is 3.90. The van der Waals surface area contributed by atoms with Crippen molar-refractivity contribution in [3.05, 3.63) is 45.1 Å². The number of rotatable bonds is 5. The second kappa shape index (κ2) is 6.05. The van der Waals surface area contributed by atoms with Gasteiger partial charge in [0.2, 0.25) is 0 Å². The van der Waals surface area contributed by atoms with E-state index in [0.29, 0.717) is 23.1 Å². The van der Waals surface area contributed by atoms with Gasteiger partial charge in [0.05, 0.1) is 15.5 Å². The second-order valence-corrected chi connectivity index (χ2v) is 5.12. The molecular weight excluding hydrogens is 294 g/mol. The highest BCUT2D eigenvalue weighted by Crippen LogP contribution is 2.32. The van der Waals surface area contributed by atoms with Crippen molar-refractivity contribution >= 4 is 23.6 Å². The van der Waals surface area contributed by atoms with Gasteiger partial charge in [-0.15, -0.1) is 0 Å². The molecule has 0 saturated carbocycles. The second-order valence-electron chi connectivity index (χ2n) is 4.71. The Morgan fingerprint density at radius 3 is 2.76 bits per heavy atom. The summed E-state index contributed by atoms with van der Waals surface area (Å²) in [4.78, 5) is 21.4. The molecule has 6 nitrogen and oxygen atoms in total. The van der Waals surface area contributed by atoms with Crippen LogP contribution in [0.15, 0.2) is 24.4 Å². The summed E-state index contributed by atoms with van der Waals surface area (Å²) in [5.41, 5.74) is 1.25. The van der Waals surface area contributed by atoms with Gasteiger partial charge in [0.1, 0.15) is 5.69 Å². The standard InChI is InChI=1S/C14H14ClN3O3/c1-3-9(2)17-7-10(8-19)14(16-17)12-5-4-11(18(20)21)6-13(12)15/h4-9H,3H2,1-2H3. The number of benzene rings is 1. The zero-order valence-corrected chi connectivity index (χ0v) is 12.4. The van der Waals surface area contributed by atoms with Crippen LogP contribution in [0.5, 0.6) is 0 Å². The predicted molar refractivity (Wildman–Crippen MR) is 79.7 cm³/mol. The quantitative estimate of drug-likeness (QED) is 0.477. The number of aldehydes is 1. The fraction of sp³-hybridized carbons (Fsp3) is 0.286. The van der Waals surface area contributed by atoms with Crippen LogP contribution in [0.25, 0.3) is 11.3 Å². The molecule has 0 saturated heterocycles. The summed E-state index contributed by atoms with van der Waals surface area (Å²) >= 11 is 6.09. The van der Waals surface area contributed by atoms with Crippen LogP contribution in [0.1, 0.15) is 36.7 Å². The SMILES string of the molecule is CCC(C)n1cc(C=O)c(-c2ccc([N+](=O)[O-])cc2Cl)n1. The number of carbonyl (C=O) groups excluding carboxylic acids is 1. The molecule has 0 amide bonds. The molecule has 0 fully saturated rings. The highest BCUT2D eigenvalue weighted by molar-refractivity contribution is 6.33. The van der Waals surface area contributed by atoms with Crippen molar-refractivity contribution in [1.82, 2.24) is 9.78 Å². The number of carbonyl (C=O) groups is 1. The zero-order chi connectivity index (χ0) is 15.6. The summed E-state index contributed by atoms with van der Waals surface area (Å²) in [6, 6.07) is 4.26. The minimum atomic E-state index is -0.520. The molecule has 7 heteroatoms. The van der Waals surface area contributed by atoms with Crippen molar-refractivity contribution in [3.8, 4) is 11.3 Å². The van der Waals surface area contributed by atoms with E-state index in [4.69, 9.17) is 11.6 Å². The number of aromatic nitrogens is 2. The summed E-state index contributed by atoms with van der Waals surface area (Å²) in [5, 5.41) is 15.3. The molecule has 110 valence electrons. The molecule has 21 heavy (non-hydrogen) atoms. The molecule has 0 spiro atoms. The lowest BCUT2D eigenvalue weighted by Crippen LogP contribution is -2.04. The Hall–Kier alpha value is -2.21. The van der Waals surface area contributed by atoms with Gasteiger partial charge in [0.15, 0.2) is 6.29 Å². The summed E-state index contributed by atoms with van der Waals surface area (Å²) < 4.78 is 1.71. The van der Waals surface area contributed by atoms with Crippen molar-refractivity contribution < 1.29 is 9.72 Å². The molecule has 0 aliphatic carbocycles. The van der Waals surface area contributed by atoms with Crippen molar-refractivity contribution in [2.24, 2.45) is 0 Å². The van der Waals surface area contributed by atoms with Crippen molar-refractivity contribution in [2.45, 2.75) is 26.3 Å². The number of nitro groups is 1. The number of nitro benzene ring substituents is 1. The number of non-ortho nitro benzene ring substituents is 1. The molecule has 1 unspecified atom stereocenters. The third kappa shape index (κ3) is 2.95. The largest absolute Gasteiger partial charge is 0.298 e. The number of hydrogen-bond acceptors (Lipinski definition) is 4. The van der Waals surface area contributed by atoms with E-state index in [2.05, 4.69) is 5.10 Å². The van der Waals surface area contributed by atoms with Crippen LogP contribution in [0.2, 0.25) is 5.02 Å². The van der Waals surface area contributed by atoms with E-state index in [1.54, 1.807) is 10.9 Å². The Balaban J connectivity index is 2.53. The molecule has 0 aliphatic heterocycles. The highest BCUT2D eigenvalue weighted by Gasteiger charge is 2.17. The molecular formula is C14H14ClN3O3. The first-order valence-electron chi connectivity index (χ1n) is 6.46. The first-order valence-corrected chi connectivity index (χ1v) is 6.84. The smallest absolute Gasteiger partial charge is 0.270 e. The highest BCUT2D eigenvalue weighted by atomic mass is 35.5. The summed E-state index contributed by atoms with van der Waals surface area (Å²) in [7, 11) is 0. The minimum Gasteiger partial charge on any atom is -0.298 e. The molecule has 1 aromatic heterocycles. The van der Waals surface area contributed by atoms with Gasteiger partial charge in [-0.3, -0.25) is 19.6 Å². The lowest BCUT2D eigenvalue weighted by molar-refractivity contribution is -0.384. The van der Waals surface area contributed by atoms with Crippen LogP contribution in [0, 0.1) is 10.1 Å². The maximum Gasteiger partial charge on any atom is 0.270 e. The Morgan fingerprint density at radius 1 is 1.52 bits per heavy atom. The van der Waals surface area contributed by atoms with E-state index in [0.717, 1.165) is 6.42 Å². The van der Waals surface area contributed by atoms with Gasteiger partial charge in [-0.2, -0.15) is 5.10 Å². The van der Waals surface area contributed by atoms with E-state index in [-0.39, 0.29) is 16.8 Å². The van der Waals surface area contributed by atoms with E-state index in [9.17, 15) is 14.9 Å². The molecule has 1 heterocycles. The average molecular weight is 308 g/mol. The minimum absolute atomic E-state index is 0.0993. The molecule has 0 radical (unpaired) electrons. The monoisotopic (exact) mass is 307 g/mol. The van der Waals surface area contributed by atoms with E-state index >= 15 is 0 Å². The molecule has 2 aromatic rings. The van der Waals surface area contributed by atoms with Crippen molar-refractivity contribution in [1.29, 1.82) is 0 Å². The molecule has 1 aromatic carbocycles. The Labute approximate surface area is 126 Å². The number of nitrogens with zero attached hydrogens (tertiary/aromatic N) is 3. The summed E-state index contributed by atoms with van der Waals surface area (Å²) in [5.74, 6) is 0. The first kappa shape index (κ1) is 15.2. The zero-order valence-electron chi connectivity index (χ0n) is 11.6. The van der Waals surface area contributed by atoms with Gasteiger partial charge in [0.25, 0.3) is 5.69 Å². The van der Waals surface area contributed by atoms with Crippen LogP contribution < -0.4 is 0 Å². The van der Waals surface area contributed by atoms with Crippen LogP contribution in [-0.4, -0.2) is 21.0 Å². The average Bonchev–Trinajstić information content (AvgIpc) is 2.90. The van der Waals surface area contributed by atoms with E-state index < -0.39 is 4.92 Å². The van der Waals surface area contributed by atoms with Crippen LogP contribution >= 0.6 is 11.6 Å². The molecule has 0 aliphatic rings. The lowest BCUT2D eigenvalue weighted by atomic mass is 10.1. The third-order valence-corrected chi connectivity index (χ3v) is 3.66. The van der Waals surface area contributed by atoms with Gasteiger partial charge < -0.3 is 0 Å². The van der Waals surface area contributed by atoms with E-state index in [1.165, 1.54) is 18.2 Å². The van der Waals surface area contributed by atoms with E-state index in [1.807, 2.05) is 13.8 Å². The molecule has 0 bridgehead atoms. The summed E-state index contributed by atoms with van der Waals surface area (Å²) in [6.07, 6.45) is 3.24. The Morgan fingerprint density at radius 2 is 2.24 bits per heavy atom. The van der Waals surface area contributed by atoms with Gasteiger partial charge in [0, 0.05) is 29.9 Å². The van der Waals surface area contributed by atoms with Crippen LogP contribution in [0.4, 0.5) is 5.69 Å². The van der Waals surface area contributed by atoms with Crippen molar-refractivity contribution in [2.75, 3.05) is 0 Å². The van der Waals surface area contributed by atoms with Crippen LogP contribution in [0.3, 0.4) is 0 Å². The normalized spacial score (nSPS) is 12.1. The van der Waals surface area contributed by atoms with Crippen LogP contribution in [-0.2, 0) is 0 Å². The summed E-state index contributed by atoms with van der Waals surface area (Å²) in [6.45, 7) is 4.01. The van der Waals surface area contributed by atoms with Gasteiger partial charge in [-0.1, -0.05) is 18.5 Å². The maximum absolute atomic E-state index is 11.2. The van der Waals surface area contributed by atoms with Gasteiger partial charge >= 0.3 is 0 Å². The third-order valence-electron chi connectivity index (χ3n) is 3.35. The van der Waals surface area contributed by atoms with Gasteiger partial charge in [-0.05, 0) is 19.4 Å². The maximum atomic E-state index is 11.2.